The van der Waals surface area contributed by atoms with Gasteiger partial charge in [0.25, 0.3) is 0 Å². The highest BCUT2D eigenvalue weighted by Gasteiger charge is 2.23. The Bertz CT molecular complexity index is 501. The highest BCUT2D eigenvalue weighted by Crippen LogP contribution is 2.27. The second kappa shape index (κ2) is 7.57. The van der Waals surface area contributed by atoms with Gasteiger partial charge in [-0.1, -0.05) is 11.8 Å². The molecule has 1 aliphatic carbocycles. The summed E-state index contributed by atoms with van der Waals surface area (Å²) in [4.78, 5) is 0. The van der Waals surface area contributed by atoms with Gasteiger partial charge in [0.05, 0.1) is 12.0 Å². The molecule has 1 saturated carbocycles. The van der Waals surface area contributed by atoms with Gasteiger partial charge >= 0.3 is 0 Å². The molecule has 0 amide bonds. The zero-order valence-electron chi connectivity index (χ0n) is 12.1. The van der Waals surface area contributed by atoms with E-state index in [0.29, 0.717) is 12.0 Å². The van der Waals surface area contributed by atoms with Gasteiger partial charge in [-0.25, -0.2) is 0 Å². The van der Waals surface area contributed by atoms with Gasteiger partial charge in [-0.05, 0) is 49.9 Å². The zero-order valence-corrected chi connectivity index (χ0v) is 12.9. The minimum absolute atomic E-state index is 0.257. The van der Waals surface area contributed by atoms with E-state index in [4.69, 9.17) is 21.1 Å². The van der Waals surface area contributed by atoms with Gasteiger partial charge in [0, 0.05) is 19.1 Å². The molecule has 0 radical (unpaired) electrons. The van der Waals surface area contributed by atoms with Crippen LogP contribution in [-0.2, 0) is 4.74 Å². The summed E-state index contributed by atoms with van der Waals surface area (Å²) in [6.07, 6.45) is 4.98. The molecule has 108 valence electrons. The Hall–Kier alpha value is -1.17. The fourth-order valence-corrected chi connectivity index (χ4v) is 2.66. The molecule has 2 atom stereocenters. The first-order chi connectivity index (χ1) is 9.72. The van der Waals surface area contributed by atoms with Crippen LogP contribution in [-0.4, -0.2) is 25.2 Å². The van der Waals surface area contributed by atoms with Crippen molar-refractivity contribution in [1.82, 2.24) is 0 Å². The fourth-order valence-electron chi connectivity index (χ4n) is 2.60. The van der Waals surface area contributed by atoms with Gasteiger partial charge in [-0.3, -0.25) is 0 Å². The van der Waals surface area contributed by atoms with E-state index >= 15 is 0 Å². The summed E-state index contributed by atoms with van der Waals surface area (Å²) in [6.45, 7) is 2.05. The summed E-state index contributed by atoms with van der Waals surface area (Å²) < 4.78 is 11.6. The first kappa shape index (κ1) is 15.2. The van der Waals surface area contributed by atoms with Crippen LogP contribution in [0.4, 0.5) is 0 Å². The van der Waals surface area contributed by atoms with Crippen LogP contribution < -0.4 is 4.74 Å². The highest BCUT2D eigenvalue weighted by molar-refractivity contribution is 6.19. The molecule has 0 bridgehead atoms. The Morgan fingerprint density at radius 2 is 2.10 bits per heavy atom. The van der Waals surface area contributed by atoms with E-state index in [-0.39, 0.29) is 6.10 Å². The van der Waals surface area contributed by atoms with Crippen LogP contribution >= 0.6 is 11.6 Å². The van der Waals surface area contributed by atoms with E-state index in [1.165, 1.54) is 6.42 Å². The van der Waals surface area contributed by atoms with Gasteiger partial charge in [-0.15, -0.1) is 11.6 Å². The monoisotopic (exact) mass is 292 g/mol. The predicted molar refractivity (Wildman–Crippen MR) is 82.5 cm³/mol. The average molecular weight is 293 g/mol. The summed E-state index contributed by atoms with van der Waals surface area (Å²) in [6, 6.07) is 6.04. The third-order valence-corrected chi connectivity index (χ3v) is 3.81. The van der Waals surface area contributed by atoms with Crippen molar-refractivity contribution in [3.05, 3.63) is 29.3 Å². The van der Waals surface area contributed by atoms with Crippen LogP contribution in [0.25, 0.3) is 0 Å². The first-order valence-electron chi connectivity index (χ1n) is 7.08. The van der Waals surface area contributed by atoms with E-state index < -0.39 is 0 Å². The summed E-state index contributed by atoms with van der Waals surface area (Å²) in [7, 11) is 1.78. The van der Waals surface area contributed by atoms with Crippen molar-refractivity contribution in [3.8, 4) is 17.6 Å². The normalized spacial score (nSPS) is 21.9. The molecule has 0 saturated heterocycles. The third kappa shape index (κ3) is 4.16. The molecule has 3 heteroatoms. The number of alkyl halides is 1. The molecule has 1 aliphatic rings. The summed E-state index contributed by atoms with van der Waals surface area (Å²) in [5.74, 6) is 7.20. The lowest BCUT2D eigenvalue weighted by Gasteiger charge is -2.29. The quantitative estimate of drug-likeness (QED) is 0.621. The molecule has 2 unspecified atom stereocenters. The first-order valence-corrected chi connectivity index (χ1v) is 7.61. The van der Waals surface area contributed by atoms with Crippen molar-refractivity contribution in [2.24, 2.45) is 0 Å². The number of halogens is 1. The number of ether oxygens (including phenoxy) is 2. The Labute approximate surface area is 126 Å². The van der Waals surface area contributed by atoms with Crippen LogP contribution in [0, 0.1) is 18.8 Å². The molecule has 20 heavy (non-hydrogen) atoms. The lowest BCUT2D eigenvalue weighted by molar-refractivity contribution is 0.0207. The smallest absolute Gasteiger partial charge is 0.122 e. The maximum Gasteiger partial charge on any atom is 0.122 e. The number of hydrogen-bond donors (Lipinski definition) is 0. The zero-order chi connectivity index (χ0) is 14.4. The van der Waals surface area contributed by atoms with E-state index in [9.17, 15) is 0 Å². The molecule has 0 aliphatic heterocycles. The van der Waals surface area contributed by atoms with Crippen LogP contribution in [0.3, 0.4) is 0 Å². The lowest BCUT2D eigenvalue weighted by Crippen LogP contribution is -2.29. The Morgan fingerprint density at radius 3 is 2.80 bits per heavy atom. The predicted octanol–water partition coefficient (Wildman–Crippen LogP) is 3.92. The van der Waals surface area contributed by atoms with E-state index in [1.54, 1.807) is 7.11 Å². The van der Waals surface area contributed by atoms with Gasteiger partial charge < -0.3 is 9.47 Å². The standard InChI is InChI=1S/C17H21ClO2/c1-13-11-14(5-4-10-18)8-9-17(13)20-16-7-3-6-15(12-16)19-2/h8-9,11,15-16H,3,6-7,10,12H2,1-2H3. The minimum atomic E-state index is 0.257. The summed E-state index contributed by atoms with van der Waals surface area (Å²) in [5.41, 5.74) is 2.10. The molecule has 1 aromatic rings. The van der Waals surface area contributed by atoms with Crippen LogP contribution in [0.5, 0.6) is 5.75 Å². The van der Waals surface area contributed by atoms with Gasteiger partial charge in [0.2, 0.25) is 0 Å². The van der Waals surface area contributed by atoms with Crippen molar-refractivity contribution >= 4 is 11.6 Å². The maximum absolute atomic E-state index is 6.12. The maximum atomic E-state index is 6.12. The Morgan fingerprint density at radius 1 is 1.30 bits per heavy atom. The number of benzene rings is 1. The van der Waals surface area contributed by atoms with E-state index in [1.807, 2.05) is 18.2 Å². The largest absolute Gasteiger partial charge is 0.490 e. The molecular formula is C17H21ClO2. The Kier molecular flexibility index (Phi) is 5.76. The van der Waals surface area contributed by atoms with Crippen molar-refractivity contribution in [3.63, 3.8) is 0 Å². The van der Waals surface area contributed by atoms with Crippen LogP contribution in [0.2, 0.25) is 0 Å². The molecule has 0 spiro atoms. The Balaban J connectivity index is 2.02. The number of rotatable bonds is 3. The van der Waals surface area contributed by atoms with Gasteiger partial charge in [-0.2, -0.15) is 0 Å². The van der Waals surface area contributed by atoms with Crippen LogP contribution in [0.15, 0.2) is 18.2 Å². The van der Waals surface area contributed by atoms with Gasteiger partial charge in [0.1, 0.15) is 11.9 Å². The lowest BCUT2D eigenvalue weighted by atomic mass is 9.95. The molecule has 2 rings (SSSR count). The molecule has 0 N–H and O–H groups in total. The second-order valence-corrected chi connectivity index (χ2v) is 5.45. The number of aryl methyl sites for hydroxylation is 1. The van der Waals surface area contributed by atoms with Crippen molar-refractivity contribution in [2.75, 3.05) is 13.0 Å². The summed E-state index contributed by atoms with van der Waals surface area (Å²) in [5, 5.41) is 0. The molecular weight excluding hydrogens is 272 g/mol. The minimum Gasteiger partial charge on any atom is -0.490 e. The molecule has 0 heterocycles. The van der Waals surface area contributed by atoms with Crippen molar-refractivity contribution in [2.45, 2.75) is 44.8 Å². The second-order valence-electron chi connectivity index (χ2n) is 5.18. The molecule has 2 nitrogen and oxygen atoms in total. The topological polar surface area (TPSA) is 18.5 Å². The van der Waals surface area contributed by atoms with Crippen molar-refractivity contribution < 1.29 is 9.47 Å². The molecule has 1 fully saturated rings. The summed E-state index contributed by atoms with van der Waals surface area (Å²) >= 11 is 5.57. The molecule has 1 aromatic carbocycles. The average Bonchev–Trinajstić information content (AvgIpc) is 2.48. The van der Waals surface area contributed by atoms with Gasteiger partial charge in [0.15, 0.2) is 0 Å². The SMILES string of the molecule is COC1CCCC(Oc2ccc(C#CCCl)cc2C)C1. The van der Waals surface area contributed by atoms with E-state index in [2.05, 4.69) is 18.8 Å². The number of hydrogen-bond acceptors (Lipinski definition) is 2. The third-order valence-electron chi connectivity index (χ3n) is 3.68. The van der Waals surface area contributed by atoms with E-state index in [0.717, 1.165) is 36.1 Å². The molecule has 0 aromatic heterocycles. The fraction of sp³-hybridized carbons (Fsp3) is 0.529. The van der Waals surface area contributed by atoms with Crippen LogP contribution in [0.1, 0.15) is 36.8 Å². The highest BCUT2D eigenvalue weighted by atomic mass is 35.5. The number of methoxy groups -OCH3 is 1. The van der Waals surface area contributed by atoms with Crippen molar-refractivity contribution in [1.29, 1.82) is 0 Å².